The molecule has 1 aromatic heterocycles. The van der Waals surface area contributed by atoms with E-state index in [4.69, 9.17) is 4.84 Å². The Morgan fingerprint density at radius 2 is 2.00 bits per heavy atom. The zero-order valence-corrected chi connectivity index (χ0v) is 7.52. The third-order valence-electron chi connectivity index (χ3n) is 2.03. The summed E-state index contributed by atoms with van der Waals surface area (Å²) in [6.45, 7) is 1.67. The first-order valence-corrected chi connectivity index (χ1v) is 4.64. The fraction of sp³-hybridized carbons (Fsp3) is 0.556. The van der Waals surface area contributed by atoms with Gasteiger partial charge in [0.1, 0.15) is 0 Å². The molecule has 1 saturated heterocycles. The molecule has 1 fully saturated rings. The van der Waals surface area contributed by atoms with Crippen molar-refractivity contribution in [3.05, 3.63) is 18.5 Å². The molecule has 0 aliphatic carbocycles. The van der Waals surface area contributed by atoms with Crippen molar-refractivity contribution in [3.8, 4) is 0 Å². The molecule has 1 aliphatic rings. The van der Waals surface area contributed by atoms with E-state index in [-0.39, 0.29) is 0 Å². The highest BCUT2D eigenvalue weighted by Crippen LogP contribution is 2.12. The Balaban J connectivity index is 2.06. The van der Waals surface area contributed by atoms with Crippen LogP contribution in [0.15, 0.2) is 18.5 Å². The van der Waals surface area contributed by atoms with Crippen LogP contribution in [-0.4, -0.2) is 23.1 Å². The van der Waals surface area contributed by atoms with Gasteiger partial charge in [0.15, 0.2) is 0 Å². The van der Waals surface area contributed by atoms with E-state index >= 15 is 0 Å². The van der Waals surface area contributed by atoms with Gasteiger partial charge in [0, 0.05) is 18.9 Å². The summed E-state index contributed by atoms with van der Waals surface area (Å²) in [5, 5.41) is 1.78. The maximum Gasteiger partial charge on any atom is 0.249 e. The number of anilines is 1. The Kier molecular flexibility index (Phi) is 2.72. The normalized spacial score (nSPS) is 18.3. The summed E-state index contributed by atoms with van der Waals surface area (Å²) in [6.07, 6.45) is 6.97. The minimum Gasteiger partial charge on any atom is -0.271 e. The molecule has 0 saturated carbocycles. The van der Waals surface area contributed by atoms with Crippen molar-refractivity contribution < 1.29 is 4.84 Å². The zero-order valence-electron chi connectivity index (χ0n) is 7.52. The zero-order chi connectivity index (χ0) is 8.93. The van der Waals surface area contributed by atoms with Crippen LogP contribution in [0.25, 0.3) is 0 Å². The summed E-state index contributed by atoms with van der Waals surface area (Å²) in [7, 11) is 0. The summed E-state index contributed by atoms with van der Waals surface area (Å²) in [6, 6.07) is 1.81. The largest absolute Gasteiger partial charge is 0.271 e. The standard InChI is InChI=1S/C9H13N3O/c1-2-7-12(13-8-3-1)9-10-5-4-6-11-9/h4-6H,1-3,7-8H2. The molecule has 0 bridgehead atoms. The van der Waals surface area contributed by atoms with E-state index < -0.39 is 0 Å². The van der Waals surface area contributed by atoms with Gasteiger partial charge in [-0.1, -0.05) is 0 Å². The maximum atomic E-state index is 5.50. The molecule has 0 spiro atoms. The number of hydroxylamine groups is 1. The van der Waals surface area contributed by atoms with Gasteiger partial charge in [-0.2, -0.15) is 0 Å². The summed E-state index contributed by atoms with van der Waals surface area (Å²) in [4.78, 5) is 13.8. The quantitative estimate of drug-likeness (QED) is 0.653. The molecule has 1 aromatic rings. The van der Waals surface area contributed by atoms with E-state index in [0.717, 1.165) is 26.0 Å². The fourth-order valence-electron chi connectivity index (χ4n) is 1.35. The van der Waals surface area contributed by atoms with Crippen LogP contribution >= 0.6 is 0 Å². The molecule has 0 N–H and O–H groups in total. The predicted molar refractivity (Wildman–Crippen MR) is 49.2 cm³/mol. The first kappa shape index (κ1) is 8.44. The summed E-state index contributed by atoms with van der Waals surface area (Å²) >= 11 is 0. The number of rotatable bonds is 1. The molecule has 2 heterocycles. The lowest BCUT2D eigenvalue weighted by molar-refractivity contribution is 0.115. The van der Waals surface area contributed by atoms with Gasteiger partial charge in [-0.05, 0) is 25.3 Å². The first-order chi connectivity index (χ1) is 6.47. The highest BCUT2D eigenvalue weighted by molar-refractivity contribution is 5.23. The van der Waals surface area contributed by atoms with Crippen molar-refractivity contribution in [3.63, 3.8) is 0 Å². The van der Waals surface area contributed by atoms with Crippen LogP contribution in [0.3, 0.4) is 0 Å². The van der Waals surface area contributed by atoms with Crippen LogP contribution in [0.2, 0.25) is 0 Å². The SMILES string of the molecule is c1cnc(N2CCCCCO2)nc1. The molecule has 13 heavy (non-hydrogen) atoms. The molecule has 70 valence electrons. The lowest BCUT2D eigenvalue weighted by atomic mass is 10.2. The molecule has 2 rings (SSSR count). The second kappa shape index (κ2) is 4.18. The third-order valence-corrected chi connectivity index (χ3v) is 2.03. The van der Waals surface area contributed by atoms with Gasteiger partial charge >= 0.3 is 0 Å². The minimum atomic E-state index is 0.671. The van der Waals surface area contributed by atoms with Crippen LogP contribution in [0.1, 0.15) is 19.3 Å². The second-order valence-corrected chi connectivity index (χ2v) is 3.04. The van der Waals surface area contributed by atoms with Gasteiger partial charge in [-0.15, -0.1) is 0 Å². The summed E-state index contributed by atoms with van der Waals surface area (Å²) in [5.74, 6) is 0.671. The number of hydrogen-bond acceptors (Lipinski definition) is 4. The predicted octanol–water partition coefficient (Wildman–Crippen LogP) is 1.40. The van der Waals surface area contributed by atoms with Crippen molar-refractivity contribution >= 4 is 5.95 Å². The van der Waals surface area contributed by atoms with Gasteiger partial charge in [0.2, 0.25) is 5.95 Å². The number of nitrogens with zero attached hydrogens (tertiary/aromatic N) is 3. The lowest BCUT2D eigenvalue weighted by Crippen LogP contribution is -2.25. The van der Waals surface area contributed by atoms with Gasteiger partial charge < -0.3 is 0 Å². The monoisotopic (exact) mass is 179 g/mol. The molecule has 4 nitrogen and oxygen atoms in total. The topological polar surface area (TPSA) is 38.2 Å². The van der Waals surface area contributed by atoms with Gasteiger partial charge in [0.05, 0.1) is 6.61 Å². The Hall–Kier alpha value is -1.16. The van der Waals surface area contributed by atoms with E-state index in [9.17, 15) is 0 Å². The van der Waals surface area contributed by atoms with Crippen LogP contribution in [0, 0.1) is 0 Å². The maximum absolute atomic E-state index is 5.50. The van der Waals surface area contributed by atoms with E-state index in [2.05, 4.69) is 9.97 Å². The summed E-state index contributed by atoms with van der Waals surface area (Å²) < 4.78 is 0. The summed E-state index contributed by atoms with van der Waals surface area (Å²) in [5.41, 5.74) is 0. The van der Waals surface area contributed by atoms with Gasteiger partial charge in [-0.3, -0.25) is 4.84 Å². The van der Waals surface area contributed by atoms with Crippen LogP contribution < -0.4 is 5.06 Å². The smallest absolute Gasteiger partial charge is 0.249 e. The Morgan fingerprint density at radius 3 is 2.85 bits per heavy atom. The third kappa shape index (κ3) is 2.15. The Morgan fingerprint density at radius 1 is 1.15 bits per heavy atom. The number of aromatic nitrogens is 2. The Bertz CT molecular complexity index is 244. The second-order valence-electron chi connectivity index (χ2n) is 3.04. The van der Waals surface area contributed by atoms with Crippen molar-refractivity contribution in [2.45, 2.75) is 19.3 Å². The highest BCUT2D eigenvalue weighted by atomic mass is 16.7. The van der Waals surface area contributed by atoms with Crippen LogP contribution in [0.5, 0.6) is 0 Å². The average Bonchev–Trinajstić information content (AvgIpc) is 2.47. The van der Waals surface area contributed by atoms with Gasteiger partial charge in [-0.25, -0.2) is 15.0 Å². The molecule has 0 atom stereocenters. The first-order valence-electron chi connectivity index (χ1n) is 4.64. The average molecular weight is 179 g/mol. The number of hydrogen-bond donors (Lipinski definition) is 0. The van der Waals surface area contributed by atoms with Crippen molar-refractivity contribution in [1.82, 2.24) is 9.97 Å². The van der Waals surface area contributed by atoms with E-state index in [1.165, 1.54) is 6.42 Å². The van der Waals surface area contributed by atoms with E-state index in [1.807, 2.05) is 0 Å². The van der Waals surface area contributed by atoms with Crippen molar-refractivity contribution in [2.75, 3.05) is 18.2 Å². The Labute approximate surface area is 77.5 Å². The van der Waals surface area contributed by atoms with Gasteiger partial charge in [0.25, 0.3) is 0 Å². The lowest BCUT2D eigenvalue weighted by Gasteiger charge is -2.18. The molecule has 0 radical (unpaired) electrons. The van der Waals surface area contributed by atoms with Crippen molar-refractivity contribution in [1.29, 1.82) is 0 Å². The molecular weight excluding hydrogens is 166 g/mol. The molecular formula is C9H13N3O. The van der Waals surface area contributed by atoms with Crippen molar-refractivity contribution in [2.24, 2.45) is 0 Å². The molecule has 0 amide bonds. The van der Waals surface area contributed by atoms with Crippen LogP contribution in [-0.2, 0) is 4.84 Å². The van der Waals surface area contributed by atoms with E-state index in [1.54, 1.807) is 23.5 Å². The molecule has 0 unspecified atom stereocenters. The molecule has 1 aliphatic heterocycles. The van der Waals surface area contributed by atoms with E-state index in [0.29, 0.717) is 5.95 Å². The molecule has 0 aromatic carbocycles. The fourth-order valence-corrected chi connectivity index (χ4v) is 1.35. The molecule has 4 heteroatoms. The highest BCUT2D eigenvalue weighted by Gasteiger charge is 2.11. The minimum absolute atomic E-state index is 0.671. The van der Waals surface area contributed by atoms with Crippen LogP contribution in [0.4, 0.5) is 5.95 Å².